The molecule has 1 aliphatic rings. The molecule has 0 aliphatic carbocycles. The Kier molecular flexibility index (Phi) is 6.06. The topological polar surface area (TPSA) is 56.1 Å². The van der Waals surface area contributed by atoms with E-state index in [0.29, 0.717) is 29.3 Å². The Morgan fingerprint density at radius 1 is 1.07 bits per heavy atom. The van der Waals surface area contributed by atoms with Crippen molar-refractivity contribution in [3.05, 3.63) is 57.8 Å². The molecule has 1 aromatic carbocycles. The number of anilines is 1. The number of halogens is 2. The Morgan fingerprint density at radius 3 is 2.54 bits per heavy atom. The van der Waals surface area contributed by atoms with Crippen LogP contribution >= 0.6 is 35.0 Å². The van der Waals surface area contributed by atoms with Crippen molar-refractivity contribution in [2.75, 3.05) is 31.2 Å². The SMILES string of the molecule is Cc1cccc(-n2c(SCc3cc(Cl)nc(Cl)c3)nnc2N2CCOCC2)c1. The number of hydrogen-bond acceptors (Lipinski definition) is 6. The molecule has 28 heavy (non-hydrogen) atoms. The van der Waals surface area contributed by atoms with Gasteiger partial charge in [0.05, 0.1) is 18.9 Å². The van der Waals surface area contributed by atoms with Gasteiger partial charge in [-0.3, -0.25) is 4.57 Å². The van der Waals surface area contributed by atoms with Gasteiger partial charge in [-0.25, -0.2) is 4.98 Å². The lowest BCUT2D eigenvalue weighted by molar-refractivity contribution is 0.122. The van der Waals surface area contributed by atoms with Crippen LogP contribution in [0, 0.1) is 6.92 Å². The number of ether oxygens (including phenoxy) is 1. The van der Waals surface area contributed by atoms with Crippen molar-refractivity contribution >= 4 is 40.9 Å². The van der Waals surface area contributed by atoms with Gasteiger partial charge in [-0.15, -0.1) is 10.2 Å². The summed E-state index contributed by atoms with van der Waals surface area (Å²) in [5.41, 5.74) is 3.21. The van der Waals surface area contributed by atoms with Gasteiger partial charge in [0.15, 0.2) is 5.16 Å². The van der Waals surface area contributed by atoms with Gasteiger partial charge in [-0.2, -0.15) is 0 Å². The first-order valence-electron chi connectivity index (χ1n) is 8.90. The van der Waals surface area contributed by atoms with Crippen LogP contribution < -0.4 is 4.90 Å². The van der Waals surface area contributed by atoms with Gasteiger partial charge in [-0.05, 0) is 42.3 Å². The van der Waals surface area contributed by atoms with Gasteiger partial charge >= 0.3 is 0 Å². The van der Waals surface area contributed by atoms with Gasteiger partial charge < -0.3 is 9.64 Å². The van der Waals surface area contributed by atoms with Crippen LogP contribution in [0.1, 0.15) is 11.1 Å². The van der Waals surface area contributed by atoms with Crippen LogP contribution in [0.2, 0.25) is 10.3 Å². The van der Waals surface area contributed by atoms with E-state index in [4.69, 9.17) is 27.9 Å². The molecule has 4 rings (SSSR count). The fourth-order valence-corrected chi connectivity index (χ4v) is 4.45. The molecule has 0 N–H and O–H groups in total. The summed E-state index contributed by atoms with van der Waals surface area (Å²) >= 11 is 13.6. The highest BCUT2D eigenvalue weighted by atomic mass is 35.5. The second-order valence-corrected chi connectivity index (χ2v) is 8.18. The molecule has 9 heteroatoms. The van der Waals surface area contributed by atoms with Gasteiger partial charge in [-0.1, -0.05) is 47.1 Å². The van der Waals surface area contributed by atoms with Crippen LogP contribution in [0.15, 0.2) is 41.6 Å². The summed E-state index contributed by atoms with van der Waals surface area (Å²) in [7, 11) is 0. The van der Waals surface area contributed by atoms with Crippen molar-refractivity contribution in [1.82, 2.24) is 19.7 Å². The summed E-state index contributed by atoms with van der Waals surface area (Å²) in [6.07, 6.45) is 0. The summed E-state index contributed by atoms with van der Waals surface area (Å²) in [6.45, 7) is 5.05. The normalized spacial score (nSPS) is 14.5. The van der Waals surface area contributed by atoms with Crippen molar-refractivity contribution in [2.24, 2.45) is 0 Å². The fraction of sp³-hybridized carbons (Fsp3) is 0.316. The summed E-state index contributed by atoms with van der Waals surface area (Å²) in [5.74, 6) is 1.50. The lowest BCUT2D eigenvalue weighted by atomic mass is 10.2. The summed E-state index contributed by atoms with van der Waals surface area (Å²) < 4.78 is 7.59. The number of morpholine rings is 1. The van der Waals surface area contributed by atoms with E-state index in [0.717, 1.165) is 35.4 Å². The zero-order chi connectivity index (χ0) is 19.5. The van der Waals surface area contributed by atoms with E-state index in [1.807, 2.05) is 18.2 Å². The summed E-state index contributed by atoms with van der Waals surface area (Å²) in [6, 6.07) is 12.0. The highest BCUT2D eigenvalue weighted by Gasteiger charge is 2.22. The van der Waals surface area contributed by atoms with E-state index >= 15 is 0 Å². The van der Waals surface area contributed by atoms with Gasteiger partial charge in [0.25, 0.3) is 0 Å². The molecule has 0 radical (unpaired) electrons. The zero-order valence-corrected chi connectivity index (χ0v) is 17.6. The molecule has 1 saturated heterocycles. The average molecular weight is 436 g/mol. The number of benzene rings is 1. The number of aromatic nitrogens is 4. The molecule has 1 aliphatic heterocycles. The third kappa shape index (κ3) is 4.43. The first-order chi connectivity index (χ1) is 13.6. The Balaban J connectivity index is 1.67. The minimum Gasteiger partial charge on any atom is -0.378 e. The van der Waals surface area contributed by atoms with Gasteiger partial charge in [0.2, 0.25) is 5.95 Å². The van der Waals surface area contributed by atoms with Gasteiger partial charge in [0.1, 0.15) is 10.3 Å². The molecule has 0 saturated carbocycles. The number of nitrogens with zero attached hydrogens (tertiary/aromatic N) is 5. The van der Waals surface area contributed by atoms with E-state index in [2.05, 4.69) is 49.8 Å². The Labute approximate surface area is 177 Å². The van der Waals surface area contributed by atoms with E-state index in [1.54, 1.807) is 11.8 Å². The molecule has 0 atom stereocenters. The highest BCUT2D eigenvalue weighted by Crippen LogP contribution is 2.30. The molecule has 6 nitrogen and oxygen atoms in total. The van der Waals surface area contributed by atoms with E-state index < -0.39 is 0 Å². The first-order valence-corrected chi connectivity index (χ1v) is 10.6. The molecule has 0 unspecified atom stereocenters. The predicted molar refractivity (Wildman–Crippen MR) is 113 cm³/mol. The molecule has 1 fully saturated rings. The molecular weight excluding hydrogens is 417 g/mol. The number of rotatable bonds is 5. The maximum absolute atomic E-state index is 6.03. The quantitative estimate of drug-likeness (QED) is 0.437. The third-order valence-corrected chi connectivity index (χ3v) is 5.75. The maximum Gasteiger partial charge on any atom is 0.232 e. The lowest BCUT2D eigenvalue weighted by Crippen LogP contribution is -2.37. The Bertz CT molecular complexity index is 954. The van der Waals surface area contributed by atoms with Crippen molar-refractivity contribution in [3.63, 3.8) is 0 Å². The maximum atomic E-state index is 6.03. The molecule has 2 aromatic heterocycles. The molecule has 0 amide bonds. The van der Waals surface area contributed by atoms with Crippen LogP contribution in [-0.4, -0.2) is 46.1 Å². The van der Waals surface area contributed by atoms with E-state index in [-0.39, 0.29) is 0 Å². The molecule has 146 valence electrons. The van der Waals surface area contributed by atoms with Crippen LogP contribution in [0.3, 0.4) is 0 Å². The van der Waals surface area contributed by atoms with E-state index in [1.165, 1.54) is 5.56 Å². The minimum absolute atomic E-state index is 0.386. The van der Waals surface area contributed by atoms with Crippen molar-refractivity contribution in [3.8, 4) is 5.69 Å². The lowest BCUT2D eigenvalue weighted by Gasteiger charge is -2.28. The monoisotopic (exact) mass is 435 g/mol. The molecule has 3 aromatic rings. The Morgan fingerprint density at radius 2 is 1.82 bits per heavy atom. The minimum atomic E-state index is 0.386. The second-order valence-electron chi connectivity index (χ2n) is 6.47. The van der Waals surface area contributed by atoms with E-state index in [9.17, 15) is 0 Å². The number of aryl methyl sites for hydroxylation is 1. The smallest absolute Gasteiger partial charge is 0.232 e. The largest absolute Gasteiger partial charge is 0.378 e. The van der Waals surface area contributed by atoms with Gasteiger partial charge in [0, 0.05) is 18.8 Å². The van der Waals surface area contributed by atoms with Crippen LogP contribution in [0.5, 0.6) is 0 Å². The Hall–Kier alpha value is -1.80. The summed E-state index contributed by atoms with van der Waals surface area (Å²) in [5, 5.41) is 10.5. The van der Waals surface area contributed by atoms with Crippen molar-refractivity contribution < 1.29 is 4.74 Å². The summed E-state index contributed by atoms with van der Waals surface area (Å²) in [4.78, 5) is 6.21. The average Bonchev–Trinajstić information content (AvgIpc) is 3.10. The molecular formula is C19H19Cl2N5OS. The number of hydrogen-bond donors (Lipinski definition) is 0. The molecule has 0 bridgehead atoms. The zero-order valence-electron chi connectivity index (χ0n) is 15.3. The third-order valence-electron chi connectivity index (χ3n) is 4.36. The number of thioether (sulfide) groups is 1. The number of pyridine rings is 1. The first kappa shape index (κ1) is 19.5. The van der Waals surface area contributed by atoms with Crippen LogP contribution in [-0.2, 0) is 10.5 Å². The standard InChI is InChI=1S/C19H19Cl2N5OS/c1-13-3-2-4-15(9-13)26-18(25-5-7-27-8-6-25)23-24-19(26)28-12-14-10-16(20)22-17(21)11-14/h2-4,9-11H,5-8,12H2,1H3. The molecule has 3 heterocycles. The predicted octanol–water partition coefficient (Wildman–Crippen LogP) is 4.41. The molecule has 0 spiro atoms. The van der Waals surface area contributed by atoms with Crippen LogP contribution in [0.4, 0.5) is 5.95 Å². The highest BCUT2D eigenvalue weighted by molar-refractivity contribution is 7.98. The second kappa shape index (κ2) is 8.69. The van der Waals surface area contributed by atoms with Crippen molar-refractivity contribution in [2.45, 2.75) is 17.8 Å². The van der Waals surface area contributed by atoms with Crippen LogP contribution in [0.25, 0.3) is 5.69 Å². The fourth-order valence-electron chi connectivity index (χ4n) is 3.06. The van der Waals surface area contributed by atoms with Crippen molar-refractivity contribution in [1.29, 1.82) is 0 Å².